The van der Waals surface area contributed by atoms with Gasteiger partial charge in [0.25, 0.3) is 0 Å². The van der Waals surface area contributed by atoms with Crippen molar-refractivity contribution in [2.45, 2.75) is 0 Å². The molecule has 2 N–H and O–H groups in total. The summed E-state index contributed by atoms with van der Waals surface area (Å²) in [5, 5.41) is 14.2. The van der Waals surface area contributed by atoms with Crippen LogP contribution in [0.15, 0.2) is 24.3 Å². The number of anilines is 1. The van der Waals surface area contributed by atoms with E-state index in [0.717, 1.165) is 11.4 Å². The molecule has 0 aliphatic heterocycles. The van der Waals surface area contributed by atoms with E-state index >= 15 is 0 Å². The van der Waals surface area contributed by atoms with Crippen LogP contribution in [0.2, 0.25) is 0 Å². The van der Waals surface area contributed by atoms with Crippen molar-refractivity contribution in [3.05, 3.63) is 24.3 Å². The molecular formula is C9H16BNO3. The number of nitrogens with zero attached hydrogens (tertiary/aromatic N) is 1. The topological polar surface area (TPSA) is 52.9 Å². The molecule has 1 rings (SSSR count). The van der Waals surface area contributed by atoms with E-state index in [9.17, 15) is 0 Å². The van der Waals surface area contributed by atoms with Crippen LogP contribution in [0.25, 0.3) is 0 Å². The van der Waals surface area contributed by atoms with Gasteiger partial charge in [0, 0.05) is 25.8 Å². The molecule has 0 amide bonds. The number of hydrogen-bond acceptors (Lipinski definition) is 4. The molecule has 0 heterocycles. The molecule has 0 spiro atoms. The van der Waals surface area contributed by atoms with Gasteiger partial charge in [0.05, 0.1) is 7.11 Å². The molecule has 1 aromatic rings. The first-order valence-electron chi connectivity index (χ1n) is 4.18. The molecule has 0 saturated heterocycles. The Morgan fingerprint density at radius 3 is 2.29 bits per heavy atom. The van der Waals surface area contributed by atoms with Gasteiger partial charge in [0.15, 0.2) is 0 Å². The van der Waals surface area contributed by atoms with Crippen molar-refractivity contribution < 1.29 is 14.8 Å². The van der Waals surface area contributed by atoms with Gasteiger partial charge in [-0.15, -0.1) is 0 Å². The van der Waals surface area contributed by atoms with Crippen molar-refractivity contribution in [2.75, 3.05) is 26.1 Å². The average molecular weight is 197 g/mol. The number of rotatable bonds is 2. The van der Waals surface area contributed by atoms with Crippen LogP contribution in [0, 0.1) is 0 Å². The van der Waals surface area contributed by atoms with Gasteiger partial charge >= 0.3 is 7.69 Å². The van der Waals surface area contributed by atoms with Crippen molar-refractivity contribution in [3.8, 4) is 5.75 Å². The Labute approximate surface area is 85.1 Å². The van der Waals surface area contributed by atoms with Gasteiger partial charge in [-0.1, -0.05) is 6.07 Å². The van der Waals surface area contributed by atoms with Crippen molar-refractivity contribution in [1.82, 2.24) is 0 Å². The summed E-state index contributed by atoms with van der Waals surface area (Å²) >= 11 is 0. The Morgan fingerprint density at radius 1 is 1.29 bits per heavy atom. The lowest BCUT2D eigenvalue weighted by molar-refractivity contribution is 0.415. The molecule has 78 valence electrons. The van der Waals surface area contributed by atoms with Gasteiger partial charge in [-0.2, -0.15) is 0 Å². The highest BCUT2D eigenvalue weighted by Crippen LogP contribution is 2.18. The van der Waals surface area contributed by atoms with E-state index < -0.39 is 7.69 Å². The highest BCUT2D eigenvalue weighted by molar-refractivity contribution is 6.13. The monoisotopic (exact) mass is 197 g/mol. The van der Waals surface area contributed by atoms with Crippen molar-refractivity contribution in [3.63, 3.8) is 0 Å². The minimum atomic E-state index is -0.750. The van der Waals surface area contributed by atoms with E-state index in [1.165, 1.54) is 0 Å². The van der Waals surface area contributed by atoms with Gasteiger partial charge < -0.3 is 19.7 Å². The molecule has 0 aliphatic carbocycles. The largest absolute Gasteiger partial charge is 0.497 e. The third kappa shape index (κ3) is 4.74. The van der Waals surface area contributed by atoms with Crippen LogP contribution in [0.1, 0.15) is 0 Å². The third-order valence-corrected chi connectivity index (χ3v) is 1.57. The van der Waals surface area contributed by atoms with E-state index in [0.29, 0.717) is 0 Å². The summed E-state index contributed by atoms with van der Waals surface area (Å²) in [7, 11) is 4.94. The lowest BCUT2D eigenvalue weighted by Crippen LogP contribution is -2.08. The maximum absolute atomic E-state index is 7.12. The predicted octanol–water partition coefficient (Wildman–Crippen LogP) is -0.00130. The molecule has 1 aromatic carbocycles. The Balaban J connectivity index is 0.000000500. The Kier molecular flexibility index (Phi) is 6.61. The molecule has 0 aliphatic rings. The van der Waals surface area contributed by atoms with Crippen LogP contribution in [-0.2, 0) is 0 Å². The fourth-order valence-corrected chi connectivity index (χ4v) is 0.889. The zero-order valence-electron chi connectivity index (χ0n) is 8.77. The highest BCUT2D eigenvalue weighted by Gasteiger charge is 1.95. The number of methoxy groups -OCH3 is 1. The minimum absolute atomic E-state index is 0.750. The van der Waals surface area contributed by atoms with Gasteiger partial charge in [-0.05, 0) is 12.1 Å². The average Bonchev–Trinajstić information content (AvgIpc) is 2.19. The lowest BCUT2D eigenvalue weighted by Gasteiger charge is -2.12. The van der Waals surface area contributed by atoms with Crippen LogP contribution >= 0.6 is 0 Å². The first-order chi connectivity index (χ1) is 6.65. The van der Waals surface area contributed by atoms with Gasteiger partial charge in [0.2, 0.25) is 0 Å². The molecule has 0 saturated carbocycles. The van der Waals surface area contributed by atoms with Gasteiger partial charge in [0.1, 0.15) is 5.75 Å². The second kappa shape index (κ2) is 7.23. The third-order valence-electron chi connectivity index (χ3n) is 1.57. The highest BCUT2D eigenvalue weighted by atomic mass is 16.5. The summed E-state index contributed by atoms with van der Waals surface area (Å²) in [6.45, 7) is 0. The predicted molar refractivity (Wildman–Crippen MR) is 58.9 cm³/mol. The Bertz CT molecular complexity index is 256. The number of benzene rings is 1. The SMILES string of the molecule is COc1cccc(N(C)C)c1.OBO. The molecule has 4 nitrogen and oxygen atoms in total. The summed E-state index contributed by atoms with van der Waals surface area (Å²) in [6, 6.07) is 7.96. The maximum atomic E-state index is 7.12. The first kappa shape index (κ1) is 12.8. The smallest absolute Gasteiger partial charge is 0.432 e. The minimum Gasteiger partial charge on any atom is -0.497 e. The van der Waals surface area contributed by atoms with Crippen LogP contribution in [0.5, 0.6) is 5.75 Å². The summed E-state index contributed by atoms with van der Waals surface area (Å²) in [6.07, 6.45) is 0. The molecule has 5 heteroatoms. The summed E-state index contributed by atoms with van der Waals surface area (Å²) in [5.41, 5.74) is 1.16. The molecule has 0 aromatic heterocycles. The van der Waals surface area contributed by atoms with Crippen molar-refractivity contribution in [1.29, 1.82) is 0 Å². The molecule has 14 heavy (non-hydrogen) atoms. The molecule has 0 atom stereocenters. The van der Waals surface area contributed by atoms with Crippen LogP contribution in [0.3, 0.4) is 0 Å². The van der Waals surface area contributed by atoms with E-state index in [2.05, 4.69) is 0 Å². The zero-order valence-corrected chi connectivity index (χ0v) is 8.77. The van der Waals surface area contributed by atoms with Crippen LogP contribution in [-0.4, -0.2) is 38.9 Å². The van der Waals surface area contributed by atoms with E-state index in [4.69, 9.17) is 14.8 Å². The molecule has 0 fully saturated rings. The van der Waals surface area contributed by atoms with Crippen LogP contribution in [0.4, 0.5) is 5.69 Å². The van der Waals surface area contributed by atoms with Crippen LogP contribution < -0.4 is 9.64 Å². The summed E-state index contributed by atoms with van der Waals surface area (Å²) < 4.78 is 5.08. The first-order valence-corrected chi connectivity index (χ1v) is 4.18. The second-order valence-electron chi connectivity index (χ2n) is 2.74. The zero-order chi connectivity index (χ0) is 11.0. The quantitative estimate of drug-likeness (QED) is 0.655. The molecule has 0 unspecified atom stereocenters. The van der Waals surface area contributed by atoms with Gasteiger partial charge in [-0.25, -0.2) is 0 Å². The summed E-state index contributed by atoms with van der Waals surface area (Å²) in [4.78, 5) is 2.04. The second-order valence-corrected chi connectivity index (χ2v) is 2.74. The van der Waals surface area contributed by atoms with E-state index in [1.807, 2.05) is 43.3 Å². The van der Waals surface area contributed by atoms with E-state index in [1.54, 1.807) is 7.11 Å². The fraction of sp³-hybridized carbons (Fsp3) is 0.333. The molecule has 0 radical (unpaired) electrons. The van der Waals surface area contributed by atoms with Crippen molar-refractivity contribution >= 4 is 13.4 Å². The summed E-state index contributed by atoms with van der Waals surface area (Å²) in [5.74, 6) is 0.899. The Morgan fingerprint density at radius 2 is 1.86 bits per heavy atom. The lowest BCUT2D eigenvalue weighted by atomic mass is 10.3. The number of ether oxygens (including phenoxy) is 1. The van der Waals surface area contributed by atoms with Gasteiger partial charge in [-0.3, -0.25) is 0 Å². The maximum Gasteiger partial charge on any atom is 0.432 e. The fourth-order valence-electron chi connectivity index (χ4n) is 0.889. The molecular weight excluding hydrogens is 181 g/mol. The Hall–Kier alpha value is -1.20. The molecule has 0 bridgehead atoms. The standard InChI is InChI=1S/C9H13NO.BH3O2/c1-10(2)8-5-4-6-9(7-8)11-3;2-1-3/h4-7H,1-3H3;1-3H. The normalized spacial score (nSPS) is 8.36. The van der Waals surface area contributed by atoms with E-state index in [-0.39, 0.29) is 0 Å². The number of hydrogen-bond donors (Lipinski definition) is 2. The van der Waals surface area contributed by atoms with Crippen molar-refractivity contribution in [2.24, 2.45) is 0 Å².